The summed E-state index contributed by atoms with van der Waals surface area (Å²) in [4.78, 5) is 0.356. The molecule has 0 aromatic heterocycles. The Morgan fingerprint density at radius 1 is 1.50 bits per heavy atom. The highest BCUT2D eigenvalue weighted by atomic mass is 32.2. The van der Waals surface area contributed by atoms with E-state index in [1.807, 2.05) is 19.2 Å². The summed E-state index contributed by atoms with van der Waals surface area (Å²) >= 11 is 0. The maximum atomic E-state index is 11.4. The van der Waals surface area contributed by atoms with Crippen LogP contribution in [0.15, 0.2) is 41.8 Å². The zero-order valence-electron chi connectivity index (χ0n) is 9.60. The Bertz CT molecular complexity index is 466. The fourth-order valence-corrected chi connectivity index (χ4v) is 2.23. The molecule has 4 heteroatoms. The summed E-state index contributed by atoms with van der Waals surface area (Å²) in [6.45, 7) is 3.69. The van der Waals surface area contributed by atoms with E-state index in [2.05, 4.69) is 11.9 Å². The van der Waals surface area contributed by atoms with Gasteiger partial charge in [0.2, 0.25) is 0 Å². The van der Waals surface area contributed by atoms with Crippen LogP contribution in [-0.4, -0.2) is 21.7 Å². The first-order valence-electron chi connectivity index (χ1n) is 5.07. The monoisotopic (exact) mass is 239 g/mol. The van der Waals surface area contributed by atoms with Crippen molar-refractivity contribution < 1.29 is 8.42 Å². The molecule has 0 saturated heterocycles. The fraction of sp³-hybridized carbons (Fsp3) is 0.333. The summed E-state index contributed by atoms with van der Waals surface area (Å²) in [6, 6.07) is 7.11. The van der Waals surface area contributed by atoms with Gasteiger partial charge >= 0.3 is 0 Å². The first kappa shape index (κ1) is 12.9. The van der Waals surface area contributed by atoms with Gasteiger partial charge in [-0.3, -0.25) is 0 Å². The Kier molecular flexibility index (Phi) is 4.26. The van der Waals surface area contributed by atoms with E-state index < -0.39 is 9.84 Å². The Hall–Kier alpha value is -1.13. The van der Waals surface area contributed by atoms with Crippen molar-refractivity contribution in [2.75, 3.05) is 13.3 Å². The van der Waals surface area contributed by atoms with Gasteiger partial charge in [0.15, 0.2) is 9.84 Å². The van der Waals surface area contributed by atoms with Crippen LogP contribution >= 0.6 is 0 Å². The summed E-state index contributed by atoms with van der Waals surface area (Å²) in [5.74, 6) is 0. The number of sulfone groups is 1. The van der Waals surface area contributed by atoms with E-state index in [4.69, 9.17) is 0 Å². The van der Waals surface area contributed by atoms with Crippen molar-refractivity contribution >= 4 is 9.84 Å². The molecule has 0 amide bonds. The number of hydrogen-bond donors (Lipinski definition) is 1. The second-order valence-electron chi connectivity index (χ2n) is 3.71. The van der Waals surface area contributed by atoms with Gasteiger partial charge in [-0.2, -0.15) is 0 Å². The van der Waals surface area contributed by atoms with Crippen molar-refractivity contribution in [1.29, 1.82) is 0 Å². The second kappa shape index (κ2) is 5.27. The minimum atomic E-state index is -3.14. The van der Waals surface area contributed by atoms with Crippen molar-refractivity contribution in [2.45, 2.75) is 17.4 Å². The molecule has 1 N–H and O–H groups in total. The quantitative estimate of drug-likeness (QED) is 0.799. The molecule has 0 bridgehead atoms. The van der Waals surface area contributed by atoms with Gasteiger partial charge in [-0.25, -0.2) is 8.42 Å². The molecule has 0 aliphatic carbocycles. The lowest BCUT2D eigenvalue weighted by Crippen LogP contribution is -2.15. The van der Waals surface area contributed by atoms with Gasteiger partial charge in [-0.15, -0.1) is 6.58 Å². The maximum absolute atomic E-state index is 11.4. The van der Waals surface area contributed by atoms with Gasteiger partial charge in [0.05, 0.1) is 4.90 Å². The first-order chi connectivity index (χ1) is 7.49. The van der Waals surface area contributed by atoms with E-state index in [9.17, 15) is 8.42 Å². The molecule has 1 rings (SSSR count). The Balaban J connectivity index is 3.11. The third kappa shape index (κ3) is 3.18. The van der Waals surface area contributed by atoms with Gasteiger partial charge in [0, 0.05) is 12.3 Å². The molecule has 0 saturated carbocycles. The van der Waals surface area contributed by atoms with Gasteiger partial charge in [0.25, 0.3) is 0 Å². The second-order valence-corrected chi connectivity index (χ2v) is 5.73. The van der Waals surface area contributed by atoms with Crippen molar-refractivity contribution in [2.24, 2.45) is 0 Å². The molecule has 16 heavy (non-hydrogen) atoms. The summed E-state index contributed by atoms with van der Waals surface area (Å²) in [5, 5.41) is 3.13. The molecule has 1 unspecified atom stereocenters. The lowest BCUT2D eigenvalue weighted by molar-refractivity contribution is 0.595. The summed E-state index contributed by atoms with van der Waals surface area (Å²) in [5.41, 5.74) is 0.963. The third-order valence-electron chi connectivity index (χ3n) is 2.44. The van der Waals surface area contributed by atoms with Crippen LogP contribution in [0.2, 0.25) is 0 Å². The topological polar surface area (TPSA) is 46.2 Å². The highest BCUT2D eigenvalue weighted by molar-refractivity contribution is 7.90. The number of rotatable bonds is 5. The average molecular weight is 239 g/mol. The first-order valence-corrected chi connectivity index (χ1v) is 6.96. The van der Waals surface area contributed by atoms with Crippen LogP contribution in [-0.2, 0) is 9.84 Å². The van der Waals surface area contributed by atoms with Gasteiger partial charge in [-0.1, -0.05) is 18.2 Å². The fourth-order valence-electron chi connectivity index (χ4n) is 1.55. The minimum Gasteiger partial charge on any atom is -0.313 e. The molecule has 3 nitrogen and oxygen atoms in total. The molecular weight excluding hydrogens is 222 g/mol. The molecule has 88 valence electrons. The SMILES string of the molecule is C=CCC(NC)c1cccc(S(C)(=O)=O)c1. The highest BCUT2D eigenvalue weighted by Crippen LogP contribution is 2.20. The molecule has 0 spiro atoms. The molecule has 0 aliphatic heterocycles. The molecule has 0 aliphatic rings. The van der Waals surface area contributed by atoms with Crippen LogP contribution in [0, 0.1) is 0 Å². The molecule has 1 aromatic carbocycles. The lowest BCUT2D eigenvalue weighted by Gasteiger charge is -2.15. The Morgan fingerprint density at radius 2 is 2.19 bits per heavy atom. The number of benzene rings is 1. The highest BCUT2D eigenvalue weighted by Gasteiger charge is 2.11. The number of hydrogen-bond acceptors (Lipinski definition) is 3. The van der Waals surface area contributed by atoms with Gasteiger partial charge < -0.3 is 5.32 Å². The van der Waals surface area contributed by atoms with E-state index in [0.29, 0.717) is 4.90 Å². The van der Waals surface area contributed by atoms with E-state index in [0.717, 1.165) is 12.0 Å². The Labute approximate surface area is 97.1 Å². The standard InChI is InChI=1S/C12H17NO2S/c1-4-6-12(13-2)10-7-5-8-11(9-10)16(3,14)15/h4-5,7-9,12-13H,1,6H2,2-3H3. The summed E-state index contributed by atoms with van der Waals surface area (Å²) in [7, 11) is -1.29. The summed E-state index contributed by atoms with van der Waals surface area (Å²) in [6.07, 6.45) is 3.80. The predicted molar refractivity (Wildman–Crippen MR) is 66.2 cm³/mol. The van der Waals surface area contributed by atoms with Crippen molar-refractivity contribution in [3.05, 3.63) is 42.5 Å². The molecule has 0 heterocycles. The minimum absolute atomic E-state index is 0.110. The lowest BCUT2D eigenvalue weighted by atomic mass is 10.0. The summed E-state index contributed by atoms with van der Waals surface area (Å²) < 4.78 is 22.8. The molecule has 0 radical (unpaired) electrons. The largest absolute Gasteiger partial charge is 0.313 e. The van der Waals surface area contributed by atoms with Crippen LogP contribution in [0.3, 0.4) is 0 Å². The number of nitrogens with one attached hydrogen (secondary N) is 1. The van der Waals surface area contributed by atoms with E-state index in [1.165, 1.54) is 6.26 Å². The van der Waals surface area contributed by atoms with Gasteiger partial charge in [-0.05, 0) is 31.2 Å². The van der Waals surface area contributed by atoms with Crippen molar-refractivity contribution in [3.8, 4) is 0 Å². The third-order valence-corrected chi connectivity index (χ3v) is 3.55. The van der Waals surface area contributed by atoms with Crippen LogP contribution in [0.4, 0.5) is 0 Å². The van der Waals surface area contributed by atoms with Crippen molar-refractivity contribution in [1.82, 2.24) is 5.32 Å². The van der Waals surface area contributed by atoms with E-state index in [1.54, 1.807) is 18.2 Å². The van der Waals surface area contributed by atoms with Crippen LogP contribution < -0.4 is 5.32 Å². The smallest absolute Gasteiger partial charge is 0.175 e. The molecule has 1 atom stereocenters. The molecule has 1 aromatic rings. The Morgan fingerprint density at radius 3 is 2.69 bits per heavy atom. The van der Waals surface area contributed by atoms with Crippen LogP contribution in [0.5, 0.6) is 0 Å². The van der Waals surface area contributed by atoms with E-state index in [-0.39, 0.29) is 6.04 Å². The van der Waals surface area contributed by atoms with Crippen LogP contribution in [0.1, 0.15) is 18.0 Å². The van der Waals surface area contributed by atoms with E-state index >= 15 is 0 Å². The zero-order chi connectivity index (χ0) is 12.2. The zero-order valence-corrected chi connectivity index (χ0v) is 10.4. The predicted octanol–water partition coefficient (Wildman–Crippen LogP) is 1.93. The molecular formula is C12H17NO2S. The maximum Gasteiger partial charge on any atom is 0.175 e. The van der Waals surface area contributed by atoms with Crippen LogP contribution in [0.25, 0.3) is 0 Å². The van der Waals surface area contributed by atoms with Crippen molar-refractivity contribution in [3.63, 3.8) is 0 Å². The average Bonchev–Trinajstić information content (AvgIpc) is 2.25. The normalized spacial score (nSPS) is 13.4. The van der Waals surface area contributed by atoms with Gasteiger partial charge in [0.1, 0.15) is 0 Å². The molecule has 0 fully saturated rings.